The van der Waals surface area contributed by atoms with Crippen LogP contribution in [-0.4, -0.2) is 22.9 Å². The maximum absolute atomic E-state index is 11.7. The third-order valence-electron chi connectivity index (χ3n) is 3.11. The number of ether oxygens (including phenoxy) is 1. The molecule has 0 aliphatic carbocycles. The molecular formula is C14H18N2O2. The Hall–Kier alpha value is -1.84. The van der Waals surface area contributed by atoms with Gasteiger partial charge in [0.2, 0.25) is 0 Å². The van der Waals surface area contributed by atoms with Crippen LogP contribution in [0.4, 0.5) is 0 Å². The highest BCUT2D eigenvalue weighted by Crippen LogP contribution is 2.23. The number of benzene rings is 1. The molecule has 0 radical (unpaired) electrons. The van der Waals surface area contributed by atoms with Crippen LogP contribution in [0.1, 0.15) is 35.8 Å². The number of aromatic nitrogens is 2. The van der Waals surface area contributed by atoms with E-state index < -0.39 is 0 Å². The van der Waals surface area contributed by atoms with Crippen molar-refractivity contribution >= 4 is 16.9 Å². The largest absolute Gasteiger partial charge is 0.465 e. The van der Waals surface area contributed by atoms with Crippen molar-refractivity contribution in [3.05, 3.63) is 29.5 Å². The molecule has 0 amide bonds. The lowest BCUT2D eigenvalue weighted by molar-refractivity contribution is 0.0602. The molecule has 1 aromatic heterocycles. The second-order valence-electron chi connectivity index (χ2n) is 4.37. The number of methoxy groups -OCH3 is 1. The molecule has 0 saturated carbocycles. The molecule has 0 spiro atoms. The van der Waals surface area contributed by atoms with Gasteiger partial charge in [0.1, 0.15) is 0 Å². The molecule has 0 saturated heterocycles. The van der Waals surface area contributed by atoms with Gasteiger partial charge < -0.3 is 4.74 Å². The first kappa shape index (κ1) is 12.6. The fourth-order valence-corrected chi connectivity index (χ4v) is 2.21. The summed E-state index contributed by atoms with van der Waals surface area (Å²) < 4.78 is 6.58. The normalized spacial score (nSPS) is 10.8. The summed E-state index contributed by atoms with van der Waals surface area (Å²) in [5, 5.41) is 5.56. The summed E-state index contributed by atoms with van der Waals surface area (Å²) in [6.45, 7) is 2.16. The van der Waals surface area contributed by atoms with E-state index in [1.165, 1.54) is 7.11 Å². The lowest BCUT2D eigenvalue weighted by Crippen LogP contribution is -2.04. The number of esters is 1. The average Bonchev–Trinajstić information content (AvgIpc) is 2.72. The van der Waals surface area contributed by atoms with E-state index in [-0.39, 0.29) is 5.97 Å². The number of rotatable bonds is 4. The number of nitrogens with zero attached hydrogens (tertiary/aromatic N) is 2. The highest BCUT2D eigenvalue weighted by molar-refractivity contribution is 6.03. The number of aryl methyl sites for hydroxylation is 2. The van der Waals surface area contributed by atoms with Crippen molar-refractivity contribution < 1.29 is 9.53 Å². The summed E-state index contributed by atoms with van der Waals surface area (Å²) in [7, 11) is 3.26. The van der Waals surface area contributed by atoms with E-state index in [1.807, 2.05) is 19.2 Å². The van der Waals surface area contributed by atoms with Crippen LogP contribution in [-0.2, 0) is 18.2 Å². The van der Waals surface area contributed by atoms with Crippen LogP contribution in [0.2, 0.25) is 0 Å². The zero-order valence-electron chi connectivity index (χ0n) is 11.1. The summed E-state index contributed by atoms with van der Waals surface area (Å²) in [5.74, 6) is -0.314. The SMILES string of the molecule is CCCCc1nn(C)c2c(C(=O)OC)cccc12. The van der Waals surface area contributed by atoms with Crippen molar-refractivity contribution in [1.82, 2.24) is 9.78 Å². The molecule has 0 aliphatic rings. The first-order valence-electron chi connectivity index (χ1n) is 6.22. The van der Waals surface area contributed by atoms with Gasteiger partial charge in [-0.05, 0) is 18.9 Å². The predicted molar refractivity (Wildman–Crippen MR) is 70.7 cm³/mol. The molecule has 0 atom stereocenters. The van der Waals surface area contributed by atoms with Crippen LogP contribution >= 0.6 is 0 Å². The maximum atomic E-state index is 11.7. The minimum Gasteiger partial charge on any atom is -0.465 e. The lowest BCUT2D eigenvalue weighted by atomic mass is 10.1. The molecule has 2 aromatic rings. The molecule has 0 aliphatic heterocycles. The minimum atomic E-state index is -0.314. The Morgan fingerprint density at radius 3 is 2.89 bits per heavy atom. The summed E-state index contributed by atoms with van der Waals surface area (Å²) in [6.07, 6.45) is 3.18. The van der Waals surface area contributed by atoms with Crippen molar-refractivity contribution in [1.29, 1.82) is 0 Å². The van der Waals surface area contributed by atoms with Gasteiger partial charge in [-0.25, -0.2) is 4.79 Å². The first-order valence-corrected chi connectivity index (χ1v) is 6.22. The summed E-state index contributed by atoms with van der Waals surface area (Å²) >= 11 is 0. The molecule has 0 bridgehead atoms. The third kappa shape index (κ3) is 2.10. The Morgan fingerprint density at radius 1 is 1.44 bits per heavy atom. The Balaban J connectivity index is 2.56. The average molecular weight is 246 g/mol. The van der Waals surface area contributed by atoms with Gasteiger partial charge >= 0.3 is 5.97 Å². The van der Waals surface area contributed by atoms with Crippen LogP contribution in [0, 0.1) is 0 Å². The van der Waals surface area contributed by atoms with Crippen LogP contribution in [0.5, 0.6) is 0 Å². The number of fused-ring (bicyclic) bond motifs is 1. The second-order valence-corrected chi connectivity index (χ2v) is 4.37. The van der Waals surface area contributed by atoms with Crippen molar-refractivity contribution in [3.8, 4) is 0 Å². The molecule has 2 rings (SSSR count). The Labute approximate surface area is 107 Å². The second kappa shape index (κ2) is 5.21. The Kier molecular flexibility index (Phi) is 3.65. The number of carbonyl (C=O) groups excluding carboxylic acids is 1. The lowest BCUT2D eigenvalue weighted by Gasteiger charge is -2.02. The summed E-state index contributed by atoms with van der Waals surface area (Å²) in [5.41, 5.74) is 2.49. The molecule has 0 N–H and O–H groups in total. The predicted octanol–water partition coefficient (Wildman–Crippen LogP) is 2.70. The summed E-state index contributed by atoms with van der Waals surface area (Å²) in [6, 6.07) is 5.67. The van der Waals surface area contributed by atoms with Crippen molar-refractivity contribution in [3.63, 3.8) is 0 Å². The zero-order valence-corrected chi connectivity index (χ0v) is 11.1. The van der Waals surface area contributed by atoms with E-state index in [2.05, 4.69) is 12.0 Å². The number of hydrogen-bond donors (Lipinski definition) is 0. The van der Waals surface area contributed by atoms with Crippen LogP contribution in [0.15, 0.2) is 18.2 Å². The Bertz CT molecular complexity index is 572. The topological polar surface area (TPSA) is 44.1 Å². The van der Waals surface area contributed by atoms with Gasteiger partial charge in [-0.1, -0.05) is 25.5 Å². The fraction of sp³-hybridized carbons (Fsp3) is 0.429. The standard InChI is InChI=1S/C14H18N2O2/c1-4-5-9-12-10-7-6-8-11(14(17)18-3)13(10)16(2)15-12/h6-8H,4-5,9H2,1-3H3. The van der Waals surface area contributed by atoms with Crippen LogP contribution in [0.3, 0.4) is 0 Å². The van der Waals surface area contributed by atoms with E-state index in [0.717, 1.165) is 35.9 Å². The molecule has 18 heavy (non-hydrogen) atoms. The highest BCUT2D eigenvalue weighted by Gasteiger charge is 2.16. The monoisotopic (exact) mass is 246 g/mol. The van der Waals surface area contributed by atoms with Crippen LogP contribution < -0.4 is 0 Å². The van der Waals surface area contributed by atoms with Gasteiger partial charge in [-0.2, -0.15) is 5.10 Å². The van der Waals surface area contributed by atoms with Gasteiger partial charge in [-0.3, -0.25) is 4.68 Å². The van der Waals surface area contributed by atoms with Crippen molar-refractivity contribution in [2.45, 2.75) is 26.2 Å². The number of para-hydroxylation sites is 1. The highest BCUT2D eigenvalue weighted by atomic mass is 16.5. The third-order valence-corrected chi connectivity index (χ3v) is 3.11. The number of carbonyl (C=O) groups is 1. The summed E-state index contributed by atoms with van der Waals surface area (Å²) in [4.78, 5) is 11.7. The van der Waals surface area contributed by atoms with Crippen molar-refractivity contribution in [2.75, 3.05) is 7.11 Å². The molecular weight excluding hydrogens is 228 g/mol. The Morgan fingerprint density at radius 2 is 2.22 bits per heavy atom. The molecule has 0 unspecified atom stereocenters. The molecule has 4 heteroatoms. The van der Waals surface area contributed by atoms with Gasteiger partial charge in [0.25, 0.3) is 0 Å². The fourth-order valence-electron chi connectivity index (χ4n) is 2.21. The smallest absolute Gasteiger partial charge is 0.340 e. The first-order chi connectivity index (χ1) is 8.69. The molecule has 0 fully saturated rings. The van der Waals surface area contributed by atoms with E-state index >= 15 is 0 Å². The van der Waals surface area contributed by atoms with Gasteiger partial charge in [0.05, 0.1) is 23.9 Å². The molecule has 4 nitrogen and oxygen atoms in total. The molecule has 96 valence electrons. The van der Waals surface area contributed by atoms with Gasteiger partial charge in [0.15, 0.2) is 0 Å². The number of unbranched alkanes of at least 4 members (excludes halogenated alkanes) is 1. The minimum absolute atomic E-state index is 0.314. The molecule has 1 aromatic carbocycles. The van der Waals surface area contributed by atoms with E-state index in [4.69, 9.17) is 4.74 Å². The van der Waals surface area contributed by atoms with Gasteiger partial charge in [-0.15, -0.1) is 0 Å². The van der Waals surface area contributed by atoms with E-state index in [1.54, 1.807) is 10.7 Å². The maximum Gasteiger partial charge on any atom is 0.340 e. The van der Waals surface area contributed by atoms with Gasteiger partial charge in [0, 0.05) is 12.4 Å². The quantitative estimate of drug-likeness (QED) is 0.779. The zero-order chi connectivity index (χ0) is 13.1. The molecule has 1 heterocycles. The van der Waals surface area contributed by atoms with E-state index in [9.17, 15) is 4.79 Å². The van der Waals surface area contributed by atoms with Crippen LogP contribution in [0.25, 0.3) is 10.9 Å². The number of hydrogen-bond acceptors (Lipinski definition) is 3. The van der Waals surface area contributed by atoms with Crippen molar-refractivity contribution in [2.24, 2.45) is 7.05 Å². The van der Waals surface area contributed by atoms with E-state index in [0.29, 0.717) is 5.56 Å².